The molecule has 3 nitrogen and oxygen atoms in total. The zero-order valence-electron chi connectivity index (χ0n) is 11.9. The summed E-state index contributed by atoms with van der Waals surface area (Å²) < 4.78 is 6.79. The predicted molar refractivity (Wildman–Crippen MR) is 97.2 cm³/mol. The van der Waals surface area contributed by atoms with Gasteiger partial charge >= 0.3 is 0 Å². The van der Waals surface area contributed by atoms with Crippen molar-refractivity contribution in [3.63, 3.8) is 0 Å². The Labute approximate surface area is 151 Å². The van der Waals surface area contributed by atoms with E-state index in [1.165, 1.54) is 21.5 Å². The van der Waals surface area contributed by atoms with Gasteiger partial charge in [-0.3, -0.25) is 4.90 Å². The lowest BCUT2D eigenvalue weighted by Gasteiger charge is -2.40. The van der Waals surface area contributed by atoms with Crippen LogP contribution in [0.5, 0.6) is 0 Å². The summed E-state index contributed by atoms with van der Waals surface area (Å²) >= 11 is 5.51. The van der Waals surface area contributed by atoms with Crippen LogP contribution in [0.3, 0.4) is 0 Å². The summed E-state index contributed by atoms with van der Waals surface area (Å²) in [7, 11) is 0. The maximum atomic E-state index is 5.54. The Morgan fingerprint density at radius 2 is 1.86 bits per heavy atom. The van der Waals surface area contributed by atoms with Gasteiger partial charge in [0.25, 0.3) is 0 Å². The highest BCUT2D eigenvalue weighted by Gasteiger charge is 2.32. The lowest BCUT2D eigenvalue weighted by Crippen LogP contribution is -2.47. The molecule has 122 valence electrons. The third-order valence-corrected chi connectivity index (χ3v) is 5.84. The zero-order chi connectivity index (χ0) is 13.1. The molecule has 21 heavy (non-hydrogen) atoms. The predicted octanol–water partition coefficient (Wildman–Crippen LogP) is 3.73. The van der Waals surface area contributed by atoms with Crippen LogP contribution in [0.2, 0.25) is 0 Å². The van der Waals surface area contributed by atoms with E-state index in [1.807, 2.05) is 11.3 Å². The molecule has 2 saturated heterocycles. The topological polar surface area (TPSA) is 24.5 Å². The molecule has 0 aliphatic carbocycles. The number of halogens is 3. The number of thiophene rings is 1. The van der Waals surface area contributed by atoms with Gasteiger partial charge in [0.05, 0.1) is 3.79 Å². The Morgan fingerprint density at radius 3 is 2.43 bits per heavy atom. The van der Waals surface area contributed by atoms with Crippen molar-refractivity contribution in [1.82, 2.24) is 10.2 Å². The second-order valence-electron chi connectivity index (χ2n) is 5.32. The van der Waals surface area contributed by atoms with Crippen LogP contribution in [0.25, 0.3) is 0 Å². The molecular weight excluding hydrogens is 395 g/mol. The first kappa shape index (κ1) is 19.7. The van der Waals surface area contributed by atoms with E-state index in [2.05, 4.69) is 38.3 Å². The molecule has 1 aromatic heterocycles. The van der Waals surface area contributed by atoms with Gasteiger partial charge in [0.15, 0.2) is 0 Å². The Bertz CT molecular complexity index is 391. The van der Waals surface area contributed by atoms with Crippen LogP contribution in [-0.4, -0.2) is 44.3 Å². The molecule has 1 N–H and O–H groups in total. The van der Waals surface area contributed by atoms with E-state index in [1.54, 1.807) is 0 Å². The third-order valence-electron chi connectivity index (χ3n) is 4.14. The van der Waals surface area contributed by atoms with Crippen molar-refractivity contribution in [3.05, 3.63) is 20.8 Å². The fourth-order valence-electron chi connectivity index (χ4n) is 3.19. The molecular formula is C14H23BrCl2N2OS. The molecule has 1 atom stereocenters. The summed E-state index contributed by atoms with van der Waals surface area (Å²) in [6.45, 7) is 6.42. The lowest BCUT2D eigenvalue weighted by molar-refractivity contribution is 0.0223. The van der Waals surface area contributed by atoms with E-state index in [0.29, 0.717) is 6.04 Å². The van der Waals surface area contributed by atoms with Gasteiger partial charge in [0.2, 0.25) is 0 Å². The summed E-state index contributed by atoms with van der Waals surface area (Å²) in [6.07, 6.45) is 2.40. The van der Waals surface area contributed by atoms with Gasteiger partial charge in [0.1, 0.15) is 0 Å². The number of nitrogens with zero attached hydrogens (tertiary/aromatic N) is 1. The highest BCUT2D eigenvalue weighted by molar-refractivity contribution is 9.11. The van der Waals surface area contributed by atoms with Gasteiger partial charge in [0, 0.05) is 50.3 Å². The van der Waals surface area contributed by atoms with Gasteiger partial charge in [-0.1, -0.05) is 0 Å². The molecule has 2 aliphatic rings. The quantitative estimate of drug-likeness (QED) is 0.810. The number of piperazine rings is 1. The van der Waals surface area contributed by atoms with Crippen molar-refractivity contribution in [2.24, 2.45) is 5.92 Å². The molecule has 2 fully saturated rings. The fourth-order valence-corrected chi connectivity index (χ4v) is 4.84. The highest BCUT2D eigenvalue weighted by Crippen LogP contribution is 2.39. The average Bonchev–Trinajstić information content (AvgIpc) is 2.88. The van der Waals surface area contributed by atoms with Crippen molar-refractivity contribution in [2.75, 3.05) is 39.4 Å². The van der Waals surface area contributed by atoms with Crippen LogP contribution in [0.4, 0.5) is 0 Å². The molecule has 2 aliphatic heterocycles. The largest absolute Gasteiger partial charge is 0.381 e. The summed E-state index contributed by atoms with van der Waals surface area (Å²) in [6, 6.07) is 5.08. The Hall–Kier alpha value is 0.640. The van der Waals surface area contributed by atoms with Gasteiger partial charge in [-0.25, -0.2) is 0 Å². The van der Waals surface area contributed by atoms with Crippen molar-refractivity contribution >= 4 is 52.1 Å². The van der Waals surface area contributed by atoms with Crippen LogP contribution in [0.1, 0.15) is 23.8 Å². The molecule has 1 aromatic rings. The van der Waals surface area contributed by atoms with Crippen LogP contribution in [0.15, 0.2) is 15.9 Å². The number of hydrogen-bond acceptors (Lipinski definition) is 4. The summed E-state index contributed by atoms with van der Waals surface area (Å²) in [5.74, 6) is 0.748. The Morgan fingerprint density at radius 1 is 1.19 bits per heavy atom. The normalized spacial score (nSPS) is 22.1. The van der Waals surface area contributed by atoms with E-state index < -0.39 is 0 Å². The van der Waals surface area contributed by atoms with Gasteiger partial charge in [-0.15, -0.1) is 36.2 Å². The minimum absolute atomic E-state index is 0. The highest BCUT2D eigenvalue weighted by atomic mass is 79.9. The molecule has 0 aromatic carbocycles. The molecule has 3 rings (SSSR count). The maximum Gasteiger partial charge on any atom is 0.0701 e. The molecule has 7 heteroatoms. The number of ether oxygens (including phenoxy) is 1. The standard InChI is InChI=1S/C14H21BrN2OS.2ClH/c15-13-2-1-12(19-13)14(11-3-9-18-10-4-11)17-7-5-16-6-8-17;;/h1-2,11,14,16H,3-10H2;2*1H/t14-;;/m1../s1. The van der Waals surface area contributed by atoms with Crippen molar-refractivity contribution < 1.29 is 4.74 Å². The zero-order valence-corrected chi connectivity index (χ0v) is 16.0. The fraction of sp³-hybridized carbons (Fsp3) is 0.714. The van der Waals surface area contributed by atoms with E-state index >= 15 is 0 Å². The van der Waals surface area contributed by atoms with Crippen LogP contribution < -0.4 is 5.32 Å². The van der Waals surface area contributed by atoms with E-state index in [9.17, 15) is 0 Å². The van der Waals surface area contributed by atoms with Crippen molar-refractivity contribution in [1.29, 1.82) is 0 Å². The third kappa shape index (κ3) is 5.06. The molecule has 0 unspecified atom stereocenters. The van der Waals surface area contributed by atoms with Gasteiger partial charge in [-0.05, 0) is 46.8 Å². The summed E-state index contributed by atoms with van der Waals surface area (Å²) in [4.78, 5) is 4.19. The smallest absolute Gasteiger partial charge is 0.0701 e. The molecule has 0 spiro atoms. The van der Waals surface area contributed by atoms with E-state index in [-0.39, 0.29) is 24.8 Å². The van der Waals surface area contributed by atoms with E-state index in [4.69, 9.17) is 4.74 Å². The lowest BCUT2D eigenvalue weighted by atomic mass is 9.89. The van der Waals surface area contributed by atoms with Crippen LogP contribution in [-0.2, 0) is 4.74 Å². The summed E-state index contributed by atoms with van der Waals surface area (Å²) in [5.41, 5.74) is 0. The second-order valence-corrected chi connectivity index (χ2v) is 7.82. The average molecular weight is 418 g/mol. The van der Waals surface area contributed by atoms with Gasteiger partial charge in [-0.2, -0.15) is 0 Å². The second kappa shape index (κ2) is 9.71. The van der Waals surface area contributed by atoms with E-state index in [0.717, 1.165) is 45.3 Å². The minimum Gasteiger partial charge on any atom is -0.381 e. The Kier molecular flexibility index (Phi) is 9.10. The van der Waals surface area contributed by atoms with Crippen molar-refractivity contribution in [2.45, 2.75) is 18.9 Å². The first-order valence-electron chi connectivity index (χ1n) is 7.12. The van der Waals surface area contributed by atoms with Gasteiger partial charge < -0.3 is 10.1 Å². The molecule has 0 radical (unpaired) electrons. The summed E-state index contributed by atoms with van der Waals surface area (Å²) in [5, 5.41) is 3.46. The van der Waals surface area contributed by atoms with Crippen LogP contribution in [0, 0.1) is 5.92 Å². The molecule has 0 bridgehead atoms. The maximum absolute atomic E-state index is 5.54. The number of hydrogen-bond donors (Lipinski definition) is 1. The molecule has 0 amide bonds. The molecule has 3 heterocycles. The van der Waals surface area contributed by atoms with Crippen molar-refractivity contribution in [3.8, 4) is 0 Å². The van der Waals surface area contributed by atoms with Crippen LogP contribution >= 0.6 is 52.1 Å². The SMILES string of the molecule is Brc1ccc([C@@H](C2CCOCC2)N2CCNCC2)s1.Cl.Cl. The first-order chi connectivity index (χ1) is 9.34. The first-order valence-corrected chi connectivity index (χ1v) is 8.73. The Balaban J connectivity index is 0.00000110. The molecule has 0 saturated carbocycles. The minimum atomic E-state index is 0. The number of nitrogens with one attached hydrogen (secondary N) is 1. The monoisotopic (exact) mass is 416 g/mol. The number of rotatable bonds is 3.